The highest BCUT2D eigenvalue weighted by Gasteiger charge is 2.24. The minimum atomic E-state index is -0.338. The summed E-state index contributed by atoms with van der Waals surface area (Å²) in [5, 5.41) is 14.3. The summed E-state index contributed by atoms with van der Waals surface area (Å²) in [4.78, 5) is 36.8. The van der Waals surface area contributed by atoms with Crippen LogP contribution in [-0.2, 0) is 11.8 Å². The van der Waals surface area contributed by atoms with Gasteiger partial charge in [0.2, 0.25) is 5.91 Å². The topological polar surface area (TPSA) is 122 Å². The number of nitrogens with one attached hydrogen (secondary N) is 2. The van der Waals surface area contributed by atoms with Gasteiger partial charge >= 0.3 is 0 Å². The van der Waals surface area contributed by atoms with Crippen LogP contribution in [0, 0.1) is 6.92 Å². The molecule has 2 N–H and O–H groups in total. The minimum absolute atomic E-state index is 0.0899. The van der Waals surface area contributed by atoms with E-state index in [9.17, 15) is 9.59 Å². The van der Waals surface area contributed by atoms with Crippen molar-refractivity contribution in [1.29, 1.82) is 0 Å². The fourth-order valence-corrected chi connectivity index (χ4v) is 4.22. The van der Waals surface area contributed by atoms with Crippen LogP contribution in [0.4, 0.5) is 11.4 Å². The van der Waals surface area contributed by atoms with Crippen LogP contribution in [0.3, 0.4) is 0 Å². The first-order chi connectivity index (χ1) is 16.9. The molecule has 0 saturated carbocycles. The lowest BCUT2D eigenvalue weighted by Crippen LogP contribution is -2.40. The van der Waals surface area contributed by atoms with Crippen LogP contribution in [0.1, 0.15) is 35.8 Å². The molecule has 1 atom stereocenters. The van der Waals surface area contributed by atoms with Gasteiger partial charge in [0.1, 0.15) is 0 Å². The SMILES string of the molecule is Cc1ncc(NC(=O)C(C)N2CCCC2)cc1NC(=O)c1cnn2cc(-c3cnn(C)c3)ncc12. The largest absolute Gasteiger partial charge is 0.323 e. The maximum atomic E-state index is 13.1. The number of hydrogen-bond acceptors (Lipinski definition) is 7. The molecule has 5 rings (SSSR count). The average Bonchev–Trinajstić information content (AvgIpc) is 3.61. The molecule has 1 aliphatic heterocycles. The molecule has 0 aromatic carbocycles. The number of anilines is 2. The highest BCUT2D eigenvalue weighted by atomic mass is 16.2. The molecule has 180 valence electrons. The van der Waals surface area contributed by atoms with Gasteiger partial charge in [-0.25, -0.2) is 4.52 Å². The lowest BCUT2D eigenvalue weighted by Gasteiger charge is -2.22. The molecule has 4 aromatic heterocycles. The van der Waals surface area contributed by atoms with Gasteiger partial charge in [0, 0.05) is 18.8 Å². The molecule has 0 bridgehead atoms. The first kappa shape index (κ1) is 22.7. The summed E-state index contributed by atoms with van der Waals surface area (Å²) in [6, 6.07) is 1.50. The summed E-state index contributed by atoms with van der Waals surface area (Å²) in [5.74, 6) is -0.428. The van der Waals surface area contributed by atoms with E-state index in [4.69, 9.17) is 0 Å². The van der Waals surface area contributed by atoms with Crippen LogP contribution in [0.25, 0.3) is 16.8 Å². The van der Waals surface area contributed by atoms with Crippen molar-refractivity contribution in [3.05, 3.63) is 54.5 Å². The average molecular weight is 474 g/mol. The monoisotopic (exact) mass is 473 g/mol. The zero-order valence-electron chi connectivity index (χ0n) is 19.9. The van der Waals surface area contributed by atoms with Crippen molar-refractivity contribution in [1.82, 2.24) is 34.3 Å². The van der Waals surface area contributed by atoms with Crippen molar-refractivity contribution in [2.45, 2.75) is 32.7 Å². The highest BCUT2D eigenvalue weighted by molar-refractivity contribution is 6.09. The second kappa shape index (κ2) is 9.26. The van der Waals surface area contributed by atoms with E-state index in [0.29, 0.717) is 33.8 Å². The van der Waals surface area contributed by atoms with Gasteiger partial charge in [-0.15, -0.1) is 0 Å². The molecule has 0 spiro atoms. The highest BCUT2D eigenvalue weighted by Crippen LogP contribution is 2.22. The van der Waals surface area contributed by atoms with Crippen LogP contribution in [0.5, 0.6) is 0 Å². The Morgan fingerprint density at radius 1 is 1.00 bits per heavy atom. The van der Waals surface area contributed by atoms with E-state index in [1.54, 1.807) is 47.0 Å². The van der Waals surface area contributed by atoms with Crippen molar-refractivity contribution < 1.29 is 9.59 Å². The van der Waals surface area contributed by atoms with Gasteiger partial charge in [0.25, 0.3) is 5.91 Å². The zero-order chi connectivity index (χ0) is 24.5. The van der Waals surface area contributed by atoms with Gasteiger partial charge < -0.3 is 10.6 Å². The summed E-state index contributed by atoms with van der Waals surface area (Å²) in [6.07, 6.45) is 12.3. The Morgan fingerprint density at radius 3 is 2.54 bits per heavy atom. The molecule has 4 aromatic rings. The van der Waals surface area contributed by atoms with Crippen LogP contribution in [0.2, 0.25) is 0 Å². The normalized spacial score (nSPS) is 14.8. The van der Waals surface area contributed by atoms with E-state index in [1.807, 2.05) is 20.2 Å². The van der Waals surface area contributed by atoms with Gasteiger partial charge in [-0.1, -0.05) is 0 Å². The zero-order valence-corrected chi connectivity index (χ0v) is 19.9. The summed E-state index contributed by atoms with van der Waals surface area (Å²) in [7, 11) is 1.84. The standard InChI is InChI=1S/C24H27N9O2/c1-15-20(8-18(10-25-15)29-23(34)16(2)32-6-4-5-7-32)30-24(35)19-11-28-33-14-21(26-12-22(19)33)17-9-27-31(3)13-17/h8-14,16H,4-7H2,1-3H3,(H,29,34)(H,30,35). The molecule has 1 saturated heterocycles. The van der Waals surface area contributed by atoms with E-state index in [2.05, 4.69) is 35.7 Å². The number of aryl methyl sites for hydroxylation is 2. The fourth-order valence-electron chi connectivity index (χ4n) is 4.22. The van der Waals surface area contributed by atoms with Crippen molar-refractivity contribution in [2.24, 2.45) is 7.05 Å². The summed E-state index contributed by atoms with van der Waals surface area (Å²) in [5.41, 5.74) is 4.20. The van der Waals surface area contributed by atoms with Crippen LogP contribution in [0.15, 0.2) is 43.2 Å². The van der Waals surface area contributed by atoms with Crippen molar-refractivity contribution in [3.8, 4) is 11.3 Å². The van der Waals surface area contributed by atoms with E-state index in [0.717, 1.165) is 31.5 Å². The molecular weight excluding hydrogens is 446 g/mol. The van der Waals surface area contributed by atoms with Gasteiger partial charge in [0.15, 0.2) is 0 Å². The lowest BCUT2D eigenvalue weighted by atomic mass is 10.2. The van der Waals surface area contributed by atoms with E-state index in [1.165, 1.54) is 6.20 Å². The molecule has 35 heavy (non-hydrogen) atoms. The van der Waals surface area contributed by atoms with Gasteiger partial charge in [0.05, 0.1) is 70.9 Å². The molecule has 1 unspecified atom stereocenters. The van der Waals surface area contributed by atoms with Crippen LogP contribution < -0.4 is 10.6 Å². The number of nitrogens with zero attached hydrogens (tertiary/aromatic N) is 7. The van der Waals surface area contributed by atoms with Gasteiger partial charge in [-0.3, -0.25) is 29.1 Å². The van der Waals surface area contributed by atoms with E-state index in [-0.39, 0.29) is 17.9 Å². The molecule has 5 heterocycles. The summed E-state index contributed by atoms with van der Waals surface area (Å²) in [6.45, 7) is 5.57. The third kappa shape index (κ3) is 4.62. The lowest BCUT2D eigenvalue weighted by molar-refractivity contribution is -0.120. The molecular formula is C24H27N9O2. The van der Waals surface area contributed by atoms with Gasteiger partial charge in [-0.05, 0) is 45.8 Å². The fraction of sp³-hybridized carbons (Fsp3) is 0.333. The predicted molar refractivity (Wildman–Crippen MR) is 131 cm³/mol. The second-order valence-electron chi connectivity index (χ2n) is 8.78. The summed E-state index contributed by atoms with van der Waals surface area (Å²) >= 11 is 0. The number of carbonyl (C=O) groups is 2. The number of likely N-dealkylation sites (tertiary alicyclic amines) is 1. The quantitative estimate of drug-likeness (QED) is 0.441. The Kier molecular flexibility index (Phi) is 6.00. The molecule has 0 radical (unpaired) electrons. The summed E-state index contributed by atoms with van der Waals surface area (Å²) < 4.78 is 3.31. The first-order valence-corrected chi connectivity index (χ1v) is 11.5. The Bertz CT molecular complexity index is 1400. The molecule has 1 fully saturated rings. The predicted octanol–water partition coefficient (Wildman–Crippen LogP) is 2.51. The second-order valence-corrected chi connectivity index (χ2v) is 8.78. The Labute approximate surface area is 202 Å². The number of hydrogen-bond donors (Lipinski definition) is 2. The third-order valence-electron chi connectivity index (χ3n) is 6.32. The Morgan fingerprint density at radius 2 is 1.80 bits per heavy atom. The molecule has 1 aliphatic rings. The van der Waals surface area contributed by atoms with Crippen molar-refractivity contribution >= 4 is 28.7 Å². The molecule has 2 amide bonds. The smallest absolute Gasteiger partial charge is 0.259 e. The van der Waals surface area contributed by atoms with Gasteiger partial charge in [-0.2, -0.15) is 10.2 Å². The first-order valence-electron chi connectivity index (χ1n) is 11.5. The number of rotatable bonds is 6. The van der Waals surface area contributed by atoms with Crippen molar-refractivity contribution in [3.63, 3.8) is 0 Å². The van der Waals surface area contributed by atoms with Crippen molar-refractivity contribution in [2.75, 3.05) is 23.7 Å². The minimum Gasteiger partial charge on any atom is -0.323 e. The number of fused-ring (bicyclic) bond motifs is 1. The molecule has 11 heteroatoms. The maximum Gasteiger partial charge on any atom is 0.259 e. The van der Waals surface area contributed by atoms with E-state index < -0.39 is 0 Å². The number of amides is 2. The molecule has 0 aliphatic carbocycles. The van der Waals surface area contributed by atoms with E-state index >= 15 is 0 Å². The Hall–Kier alpha value is -4.12. The molecule has 11 nitrogen and oxygen atoms in total. The number of aromatic nitrogens is 6. The number of pyridine rings is 1. The van der Waals surface area contributed by atoms with Crippen LogP contribution in [-0.4, -0.2) is 65.2 Å². The Balaban J connectivity index is 1.32. The maximum absolute atomic E-state index is 13.1. The number of carbonyl (C=O) groups excluding carboxylic acids is 2. The third-order valence-corrected chi connectivity index (χ3v) is 6.32. The van der Waals surface area contributed by atoms with Crippen LogP contribution >= 0.6 is 0 Å².